The van der Waals surface area contributed by atoms with Gasteiger partial charge in [0.25, 0.3) is 0 Å². The fourth-order valence-electron chi connectivity index (χ4n) is 3.91. The molecule has 33 heavy (non-hydrogen) atoms. The summed E-state index contributed by atoms with van der Waals surface area (Å²) in [4.78, 5) is 14.2. The van der Waals surface area contributed by atoms with Gasteiger partial charge in [-0.1, -0.05) is 50.2 Å². The van der Waals surface area contributed by atoms with E-state index in [0.29, 0.717) is 23.9 Å². The van der Waals surface area contributed by atoms with Crippen LogP contribution in [-0.4, -0.2) is 26.4 Å². The van der Waals surface area contributed by atoms with Gasteiger partial charge in [-0.15, -0.1) is 16.4 Å². The van der Waals surface area contributed by atoms with Crippen LogP contribution in [0, 0.1) is 5.92 Å². The smallest absolute Gasteiger partial charge is 0.186 e. The maximum atomic E-state index is 13.2. The lowest BCUT2D eigenvalue weighted by atomic mass is 9.96. The number of nitrogens with one attached hydrogen (secondary N) is 1. The Morgan fingerprint density at radius 1 is 1.12 bits per heavy atom. The Bertz CT molecular complexity index is 1460. The number of halogens is 1. The molecule has 2 heterocycles. The van der Waals surface area contributed by atoms with Gasteiger partial charge < -0.3 is 4.74 Å². The highest BCUT2D eigenvalue weighted by atomic mass is 79.9. The summed E-state index contributed by atoms with van der Waals surface area (Å²) in [6, 6.07) is 18.4. The van der Waals surface area contributed by atoms with Crippen molar-refractivity contribution in [2.45, 2.75) is 26.9 Å². The number of thiophene rings is 1. The number of carbonyl (C=O) groups is 1. The molecule has 5 aromatic rings. The zero-order valence-electron chi connectivity index (χ0n) is 18.1. The summed E-state index contributed by atoms with van der Waals surface area (Å²) in [5.41, 5.74) is 1.88. The van der Waals surface area contributed by atoms with E-state index in [1.807, 2.05) is 30.3 Å². The molecule has 3 aromatic carbocycles. The Kier molecular flexibility index (Phi) is 5.95. The number of H-pyrrole nitrogens is 1. The third kappa shape index (κ3) is 4.28. The molecule has 5 rings (SSSR count). The van der Waals surface area contributed by atoms with E-state index >= 15 is 0 Å². The van der Waals surface area contributed by atoms with E-state index in [1.165, 1.54) is 0 Å². The number of aromatic nitrogens is 4. The van der Waals surface area contributed by atoms with Crippen LogP contribution < -0.4 is 4.74 Å². The second-order valence-corrected chi connectivity index (χ2v) is 10.1. The van der Waals surface area contributed by atoms with Crippen molar-refractivity contribution in [3.05, 3.63) is 70.5 Å². The van der Waals surface area contributed by atoms with Crippen LogP contribution in [0.25, 0.3) is 31.3 Å². The Morgan fingerprint density at radius 3 is 2.76 bits per heavy atom. The summed E-state index contributed by atoms with van der Waals surface area (Å²) in [5.74, 6) is 1.77. The van der Waals surface area contributed by atoms with E-state index in [4.69, 9.17) is 4.74 Å². The van der Waals surface area contributed by atoms with Gasteiger partial charge in [-0.2, -0.15) is 0 Å². The molecule has 1 N–H and O–H groups in total. The number of nitrogens with zero attached hydrogens (tertiary/aromatic N) is 3. The molecule has 0 aliphatic carbocycles. The van der Waals surface area contributed by atoms with Gasteiger partial charge in [-0.3, -0.25) is 4.79 Å². The zero-order chi connectivity index (χ0) is 22.9. The van der Waals surface area contributed by atoms with E-state index in [-0.39, 0.29) is 12.4 Å². The molecule has 0 saturated heterocycles. The summed E-state index contributed by atoms with van der Waals surface area (Å²) in [5, 5.41) is 16.8. The van der Waals surface area contributed by atoms with Crippen LogP contribution in [0.1, 0.15) is 36.5 Å². The second kappa shape index (κ2) is 9.03. The van der Waals surface area contributed by atoms with E-state index in [2.05, 4.69) is 74.7 Å². The molecule has 0 unspecified atom stereocenters. The van der Waals surface area contributed by atoms with E-state index in [0.717, 1.165) is 41.3 Å². The van der Waals surface area contributed by atoms with Gasteiger partial charge in [-0.05, 0) is 66.8 Å². The van der Waals surface area contributed by atoms with Crippen LogP contribution in [0.5, 0.6) is 5.75 Å². The highest BCUT2D eigenvalue weighted by molar-refractivity contribution is 9.10. The minimum atomic E-state index is 0.199. The Hall–Kier alpha value is -3.10. The Labute approximate surface area is 203 Å². The van der Waals surface area contributed by atoms with Crippen molar-refractivity contribution >= 4 is 53.9 Å². The molecule has 0 spiro atoms. The van der Waals surface area contributed by atoms with Crippen LogP contribution in [-0.2, 0) is 6.61 Å². The van der Waals surface area contributed by atoms with Crippen molar-refractivity contribution in [2.75, 3.05) is 0 Å². The topological polar surface area (TPSA) is 80.8 Å². The number of carbonyl (C=O) groups excluding carboxylic acids is 1. The number of ether oxygens (including phenoxy) is 1. The van der Waals surface area contributed by atoms with Crippen LogP contribution >= 0.6 is 27.3 Å². The van der Waals surface area contributed by atoms with Gasteiger partial charge in [0.15, 0.2) is 11.6 Å². The normalized spacial score (nSPS) is 11.5. The lowest BCUT2D eigenvalue weighted by Crippen LogP contribution is -2.04. The molecule has 0 bridgehead atoms. The van der Waals surface area contributed by atoms with Gasteiger partial charge >= 0.3 is 0 Å². The molecule has 0 aliphatic heterocycles. The first-order valence-electron chi connectivity index (χ1n) is 10.6. The number of fused-ring (bicyclic) bond motifs is 2. The van der Waals surface area contributed by atoms with Gasteiger partial charge in [0, 0.05) is 26.9 Å². The number of Topliss-reactive ketones (excluding diaryl/α,β-unsaturated/α-hetero) is 1. The van der Waals surface area contributed by atoms with E-state index in [9.17, 15) is 4.79 Å². The lowest BCUT2D eigenvalue weighted by molar-refractivity contribution is 0.0970. The van der Waals surface area contributed by atoms with Crippen molar-refractivity contribution in [2.24, 2.45) is 5.92 Å². The summed E-state index contributed by atoms with van der Waals surface area (Å²) >= 11 is 5.36. The molecule has 0 aliphatic rings. The monoisotopic (exact) mass is 520 g/mol. The fraction of sp³-hybridized carbons (Fsp3) is 0.200. The number of hydrogen-bond donors (Lipinski definition) is 1. The maximum absolute atomic E-state index is 13.2. The standard InChI is InChI=1S/C25H21BrN4O2S/c1-14(2)11-19(31)23-18-5-3-4-6-21(18)33-25(23)16-7-9-17-15(12-16)8-10-20(24(17)26)32-13-22-27-29-30-28-22/h3-10,12,14H,11,13H2,1-2H3,(H,27,28,29,30). The van der Waals surface area contributed by atoms with Crippen molar-refractivity contribution in [1.82, 2.24) is 20.6 Å². The largest absolute Gasteiger partial charge is 0.484 e. The molecule has 0 saturated carbocycles. The molecule has 2 aromatic heterocycles. The predicted octanol–water partition coefficient (Wildman–Crippen LogP) is 6.80. The van der Waals surface area contributed by atoms with Gasteiger partial charge in [0.05, 0.1) is 4.47 Å². The zero-order valence-corrected chi connectivity index (χ0v) is 20.5. The average Bonchev–Trinajstić information content (AvgIpc) is 3.46. The van der Waals surface area contributed by atoms with Crippen molar-refractivity contribution in [3.8, 4) is 16.2 Å². The highest BCUT2D eigenvalue weighted by Crippen LogP contribution is 2.42. The number of tetrazole rings is 1. The third-order valence-electron chi connectivity index (χ3n) is 5.40. The maximum Gasteiger partial charge on any atom is 0.186 e. The van der Waals surface area contributed by atoms with Crippen molar-refractivity contribution in [3.63, 3.8) is 0 Å². The molecule has 0 atom stereocenters. The van der Waals surface area contributed by atoms with Gasteiger partial charge in [-0.25, -0.2) is 5.10 Å². The SMILES string of the molecule is CC(C)CC(=O)c1c(-c2ccc3c(Br)c(OCc4nnn[nH]4)ccc3c2)sc2ccccc12. The van der Waals surface area contributed by atoms with Crippen LogP contribution in [0.2, 0.25) is 0 Å². The van der Waals surface area contributed by atoms with Crippen LogP contribution in [0.4, 0.5) is 0 Å². The summed E-state index contributed by atoms with van der Waals surface area (Å²) in [6.07, 6.45) is 0.536. The summed E-state index contributed by atoms with van der Waals surface area (Å²) in [6.45, 7) is 4.41. The van der Waals surface area contributed by atoms with Crippen molar-refractivity contribution < 1.29 is 9.53 Å². The molecule has 6 nitrogen and oxygen atoms in total. The number of rotatable bonds is 7. The summed E-state index contributed by atoms with van der Waals surface area (Å²) < 4.78 is 7.87. The number of aromatic amines is 1. The third-order valence-corrected chi connectivity index (χ3v) is 7.44. The van der Waals surface area contributed by atoms with Crippen LogP contribution in [0.3, 0.4) is 0 Å². The van der Waals surface area contributed by atoms with Crippen LogP contribution in [0.15, 0.2) is 59.1 Å². The lowest BCUT2D eigenvalue weighted by Gasteiger charge is -2.11. The van der Waals surface area contributed by atoms with Crippen molar-refractivity contribution in [1.29, 1.82) is 0 Å². The average molecular weight is 521 g/mol. The minimum Gasteiger partial charge on any atom is -0.484 e. The summed E-state index contributed by atoms with van der Waals surface area (Å²) in [7, 11) is 0. The second-order valence-electron chi connectivity index (χ2n) is 8.27. The minimum absolute atomic E-state index is 0.199. The molecule has 0 amide bonds. The molecular formula is C25H21BrN4O2S. The molecular weight excluding hydrogens is 500 g/mol. The molecule has 166 valence electrons. The Balaban J connectivity index is 1.55. The fourth-order valence-corrected chi connectivity index (χ4v) is 5.73. The number of hydrogen-bond acceptors (Lipinski definition) is 6. The van der Waals surface area contributed by atoms with Gasteiger partial charge in [0.1, 0.15) is 12.4 Å². The van der Waals surface area contributed by atoms with E-state index in [1.54, 1.807) is 11.3 Å². The highest BCUT2D eigenvalue weighted by Gasteiger charge is 2.21. The Morgan fingerprint density at radius 2 is 1.97 bits per heavy atom. The number of benzene rings is 3. The predicted molar refractivity (Wildman–Crippen MR) is 135 cm³/mol. The molecule has 0 fully saturated rings. The quantitative estimate of drug-likeness (QED) is 0.238. The first-order chi connectivity index (χ1) is 16.0. The first kappa shape index (κ1) is 21.7. The molecule has 8 heteroatoms. The molecule has 0 radical (unpaired) electrons. The number of ketones is 1. The first-order valence-corrected chi connectivity index (χ1v) is 12.2. The van der Waals surface area contributed by atoms with Gasteiger partial charge in [0.2, 0.25) is 0 Å². The van der Waals surface area contributed by atoms with E-state index < -0.39 is 0 Å².